The van der Waals surface area contributed by atoms with Gasteiger partial charge in [0, 0.05) is 29.1 Å². The molecular weight excluding hydrogens is 397 g/mol. The quantitative estimate of drug-likeness (QED) is 0.469. The number of nitriles is 1. The maximum atomic E-state index is 14.2. The molecule has 8 nitrogen and oxygen atoms in total. The smallest absolute Gasteiger partial charge is 0.190 e. The van der Waals surface area contributed by atoms with E-state index in [9.17, 15) is 9.65 Å². The first-order chi connectivity index (χ1) is 15.0. The van der Waals surface area contributed by atoms with Gasteiger partial charge in [-0.2, -0.15) is 5.26 Å². The van der Waals surface area contributed by atoms with E-state index in [4.69, 9.17) is 10.5 Å². The van der Waals surface area contributed by atoms with E-state index in [0.29, 0.717) is 34.8 Å². The van der Waals surface area contributed by atoms with Crippen LogP contribution in [0, 0.1) is 17.1 Å². The standard InChI is InChI=1S/C22H16FN7O/c1-12-17-8-15(23)4-5-16(17)20-13(3-2-6-26-20)11-30-21(18(9-24)28-29-30)14-7-19(31-12)22(25)27-10-14/h2-8,10,12H,11H2,1H3,(H2,25,27)/t12-/m1/s1. The zero-order valence-corrected chi connectivity index (χ0v) is 16.5. The number of halogens is 1. The van der Waals surface area contributed by atoms with Crippen molar-refractivity contribution >= 4 is 5.82 Å². The van der Waals surface area contributed by atoms with Crippen molar-refractivity contribution in [3.63, 3.8) is 0 Å². The minimum Gasteiger partial charge on any atom is -0.482 e. The van der Waals surface area contributed by atoms with E-state index in [1.807, 2.05) is 19.1 Å². The molecule has 3 aromatic heterocycles. The zero-order valence-electron chi connectivity index (χ0n) is 16.5. The molecule has 1 aliphatic rings. The molecule has 0 amide bonds. The van der Waals surface area contributed by atoms with Crippen LogP contribution in [-0.2, 0) is 6.54 Å². The van der Waals surface area contributed by atoms with Gasteiger partial charge in [0.15, 0.2) is 17.3 Å². The van der Waals surface area contributed by atoms with Crippen LogP contribution in [0.4, 0.5) is 10.2 Å². The van der Waals surface area contributed by atoms with Crippen LogP contribution in [0.25, 0.3) is 22.5 Å². The number of aromatic nitrogens is 5. The van der Waals surface area contributed by atoms with Gasteiger partial charge in [-0.3, -0.25) is 4.98 Å². The predicted molar refractivity (Wildman–Crippen MR) is 110 cm³/mol. The van der Waals surface area contributed by atoms with Crippen molar-refractivity contribution in [2.24, 2.45) is 0 Å². The third kappa shape index (κ3) is 3.14. The summed E-state index contributed by atoms with van der Waals surface area (Å²) in [7, 11) is 0. The van der Waals surface area contributed by atoms with E-state index in [0.717, 1.165) is 11.1 Å². The van der Waals surface area contributed by atoms with Gasteiger partial charge in [-0.1, -0.05) is 11.3 Å². The number of hydrogen-bond donors (Lipinski definition) is 1. The molecule has 0 aliphatic carbocycles. The second-order valence-corrected chi connectivity index (χ2v) is 7.17. The Morgan fingerprint density at radius 2 is 2.13 bits per heavy atom. The molecule has 1 atom stereocenters. The molecule has 4 aromatic rings. The lowest BCUT2D eigenvalue weighted by Crippen LogP contribution is -2.12. The molecule has 9 heteroatoms. The van der Waals surface area contributed by atoms with E-state index < -0.39 is 6.10 Å². The molecule has 0 unspecified atom stereocenters. The Morgan fingerprint density at radius 1 is 1.26 bits per heavy atom. The molecule has 1 aliphatic heterocycles. The predicted octanol–water partition coefficient (Wildman–Crippen LogP) is 3.50. The molecule has 0 spiro atoms. The van der Waals surface area contributed by atoms with Gasteiger partial charge in [-0.15, -0.1) is 5.10 Å². The highest BCUT2D eigenvalue weighted by Gasteiger charge is 2.23. The van der Waals surface area contributed by atoms with Crippen LogP contribution in [-0.4, -0.2) is 25.0 Å². The number of pyridine rings is 2. The highest BCUT2D eigenvalue weighted by atomic mass is 19.1. The summed E-state index contributed by atoms with van der Waals surface area (Å²) in [5.41, 5.74) is 10.2. The normalized spacial score (nSPS) is 14.7. The molecule has 2 bridgehead atoms. The fraction of sp³-hybridized carbons (Fsp3) is 0.136. The molecule has 5 rings (SSSR count). The Labute approximate surface area is 176 Å². The molecule has 0 saturated carbocycles. The Hall–Kier alpha value is -4.32. The number of nitrogen functional groups attached to an aromatic ring is 1. The van der Waals surface area contributed by atoms with Gasteiger partial charge in [-0.25, -0.2) is 14.1 Å². The fourth-order valence-electron chi connectivity index (χ4n) is 3.77. The topological polar surface area (TPSA) is 116 Å². The van der Waals surface area contributed by atoms with E-state index in [2.05, 4.69) is 26.3 Å². The highest BCUT2D eigenvalue weighted by Crippen LogP contribution is 2.37. The summed E-state index contributed by atoms with van der Waals surface area (Å²) in [6.45, 7) is 2.12. The number of nitrogens with zero attached hydrogens (tertiary/aromatic N) is 6. The van der Waals surface area contributed by atoms with Crippen molar-refractivity contribution in [1.82, 2.24) is 25.0 Å². The Morgan fingerprint density at radius 3 is 2.97 bits per heavy atom. The van der Waals surface area contributed by atoms with E-state index in [1.54, 1.807) is 29.2 Å². The Kier molecular flexibility index (Phi) is 4.33. The van der Waals surface area contributed by atoms with Crippen molar-refractivity contribution in [2.45, 2.75) is 19.6 Å². The molecule has 0 fully saturated rings. The Bertz CT molecular complexity index is 1360. The molecular formula is C22H16FN7O. The van der Waals surface area contributed by atoms with Crippen molar-refractivity contribution in [2.75, 3.05) is 5.73 Å². The first kappa shape index (κ1) is 18.7. The number of fused-ring (bicyclic) bond motifs is 7. The van der Waals surface area contributed by atoms with Crippen LogP contribution in [0.15, 0.2) is 48.8 Å². The number of rotatable bonds is 0. The third-order valence-electron chi connectivity index (χ3n) is 5.22. The molecule has 2 N–H and O–H groups in total. The third-order valence-corrected chi connectivity index (χ3v) is 5.22. The molecule has 152 valence electrons. The number of anilines is 1. The van der Waals surface area contributed by atoms with Gasteiger partial charge < -0.3 is 10.5 Å². The summed E-state index contributed by atoms with van der Waals surface area (Å²) in [5, 5.41) is 17.7. The lowest BCUT2D eigenvalue weighted by molar-refractivity contribution is 0.227. The largest absolute Gasteiger partial charge is 0.482 e. The molecule has 1 aromatic carbocycles. The van der Waals surface area contributed by atoms with Gasteiger partial charge in [0.25, 0.3) is 0 Å². The summed E-state index contributed by atoms with van der Waals surface area (Å²) in [5.74, 6) is 0.121. The van der Waals surface area contributed by atoms with Crippen molar-refractivity contribution in [1.29, 1.82) is 5.26 Å². The van der Waals surface area contributed by atoms with Crippen LogP contribution >= 0.6 is 0 Å². The van der Waals surface area contributed by atoms with E-state index >= 15 is 0 Å². The van der Waals surface area contributed by atoms with Gasteiger partial charge in [-0.05, 0) is 42.8 Å². The second kappa shape index (κ2) is 7.18. The number of ether oxygens (including phenoxy) is 1. The number of benzene rings is 1. The second-order valence-electron chi connectivity index (χ2n) is 7.17. The number of nitrogens with two attached hydrogens (primary N) is 1. The average molecular weight is 413 g/mol. The molecule has 31 heavy (non-hydrogen) atoms. The van der Waals surface area contributed by atoms with Crippen LogP contribution < -0.4 is 10.5 Å². The molecule has 0 radical (unpaired) electrons. The van der Waals surface area contributed by atoms with E-state index in [1.165, 1.54) is 12.1 Å². The van der Waals surface area contributed by atoms with Crippen LogP contribution in [0.5, 0.6) is 5.75 Å². The Balaban J connectivity index is 1.83. The first-order valence-electron chi connectivity index (χ1n) is 9.55. The summed E-state index contributed by atoms with van der Waals surface area (Å²) in [6, 6.07) is 12.0. The van der Waals surface area contributed by atoms with Crippen molar-refractivity contribution in [3.05, 3.63) is 71.4 Å². The van der Waals surface area contributed by atoms with Crippen LogP contribution in [0.1, 0.15) is 29.8 Å². The zero-order chi connectivity index (χ0) is 21.5. The fourth-order valence-corrected chi connectivity index (χ4v) is 3.77. The van der Waals surface area contributed by atoms with Crippen LogP contribution in [0.3, 0.4) is 0 Å². The summed E-state index contributed by atoms with van der Waals surface area (Å²) < 4.78 is 21.9. The van der Waals surface area contributed by atoms with Crippen LogP contribution in [0.2, 0.25) is 0 Å². The lowest BCUT2D eigenvalue weighted by Gasteiger charge is -2.21. The molecule has 4 heterocycles. The summed E-state index contributed by atoms with van der Waals surface area (Å²) in [6.07, 6.45) is 2.68. The summed E-state index contributed by atoms with van der Waals surface area (Å²) >= 11 is 0. The van der Waals surface area contributed by atoms with Gasteiger partial charge in [0.2, 0.25) is 0 Å². The first-order valence-corrected chi connectivity index (χ1v) is 9.55. The lowest BCUT2D eigenvalue weighted by atomic mass is 9.96. The maximum Gasteiger partial charge on any atom is 0.190 e. The summed E-state index contributed by atoms with van der Waals surface area (Å²) in [4.78, 5) is 8.78. The van der Waals surface area contributed by atoms with Gasteiger partial charge in [0.05, 0.1) is 12.2 Å². The van der Waals surface area contributed by atoms with Crippen molar-refractivity contribution < 1.29 is 9.13 Å². The van der Waals surface area contributed by atoms with Crippen molar-refractivity contribution in [3.8, 4) is 34.3 Å². The minimum atomic E-state index is -0.544. The SMILES string of the molecule is C[C@H]1Oc2cc(cnc2N)-c2c(C#N)nnn2Cc2cccnc2-c2ccc(F)cc21. The number of hydrogen-bond acceptors (Lipinski definition) is 7. The molecule has 0 saturated heterocycles. The minimum absolute atomic E-state index is 0.163. The van der Waals surface area contributed by atoms with Gasteiger partial charge in [0.1, 0.15) is 23.7 Å². The highest BCUT2D eigenvalue weighted by molar-refractivity contribution is 5.70. The van der Waals surface area contributed by atoms with Gasteiger partial charge >= 0.3 is 0 Å². The monoisotopic (exact) mass is 413 g/mol. The van der Waals surface area contributed by atoms with E-state index in [-0.39, 0.29) is 17.3 Å². The average Bonchev–Trinajstić information content (AvgIpc) is 3.17. The maximum absolute atomic E-state index is 14.2.